The fourth-order valence-electron chi connectivity index (χ4n) is 2.43. The molecule has 30 heavy (non-hydrogen) atoms. The topological polar surface area (TPSA) is 158 Å². The average molecular weight is 433 g/mol. The molecule has 0 atom stereocenters. The maximum Gasteiger partial charge on any atom is 0.417 e. The van der Waals surface area contributed by atoms with Crippen molar-refractivity contribution in [3.63, 3.8) is 0 Å². The van der Waals surface area contributed by atoms with E-state index in [1.54, 1.807) is 0 Å². The van der Waals surface area contributed by atoms with E-state index >= 15 is 0 Å². The Balaban J connectivity index is 2.13. The number of nitriles is 1. The quantitative estimate of drug-likeness (QED) is 0.463. The number of halogens is 3. The van der Waals surface area contributed by atoms with Crippen LogP contribution in [0.2, 0.25) is 0 Å². The van der Waals surface area contributed by atoms with Crippen molar-refractivity contribution in [2.45, 2.75) is 16.1 Å². The van der Waals surface area contributed by atoms with Gasteiger partial charge in [-0.3, -0.25) is 10.1 Å². The lowest BCUT2D eigenvalue weighted by Crippen LogP contribution is -2.06. The highest BCUT2D eigenvalue weighted by Crippen LogP contribution is 2.39. The third-order valence-corrected chi connectivity index (χ3v) is 4.80. The predicted octanol–water partition coefficient (Wildman–Crippen LogP) is 3.65. The third kappa shape index (κ3) is 4.23. The number of hydrogen-bond acceptors (Lipinski definition) is 9. The van der Waals surface area contributed by atoms with E-state index in [-0.39, 0.29) is 39.3 Å². The minimum absolute atomic E-state index is 0.0411. The number of anilines is 2. The normalized spacial score (nSPS) is 11.1. The molecule has 4 N–H and O–H groups in total. The standard InChI is InChI=1S/C17H10F3N7O2S/c18-17(19,20)8-1-4-13(24-7-8)30-12-3-2-9(27(28)29)5-10(12)14-11(6-21)15(22)26-16(23)25-14/h1-5,7H,(H4,22,23,25,26). The van der Waals surface area contributed by atoms with Gasteiger partial charge in [0.15, 0.2) is 0 Å². The highest BCUT2D eigenvalue weighted by atomic mass is 32.2. The molecule has 0 fully saturated rings. The Bertz CT molecular complexity index is 1180. The Morgan fingerprint density at radius 1 is 1.17 bits per heavy atom. The minimum atomic E-state index is -4.54. The monoisotopic (exact) mass is 433 g/mol. The molecule has 9 nitrogen and oxygen atoms in total. The number of non-ortho nitro benzene ring substituents is 1. The van der Waals surface area contributed by atoms with Gasteiger partial charge >= 0.3 is 6.18 Å². The lowest BCUT2D eigenvalue weighted by Gasteiger charge is -2.12. The molecule has 3 rings (SSSR count). The van der Waals surface area contributed by atoms with Crippen molar-refractivity contribution in [2.24, 2.45) is 0 Å². The van der Waals surface area contributed by atoms with Crippen LogP contribution in [0.25, 0.3) is 11.3 Å². The zero-order valence-corrected chi connectivity index (χ0v) is 15.5. The number of aromatic nitrogens is 3. The van der Waals surface area contributed by atoms with Crippen LogP contribution in [0.3, 0.4) is 0 Å². The van der Waals surface area contributed by atoms with Crippen LogP contribution in [0.4, 0.5) is 30.6 Å². The Morgan fingerprint density at radius 3 is 2.47 bits per heavy atom. The van der Waals surface area contributed by atoms with E-state index in [0.29, 0.717) is 11.1 Å². The molecule has 0 aliphatic rings. The van der Waals surface area contributed by atoms with Gasteiger partial charge < -0.3 is 11.5 Å². The number of hydrogen-bond donors (Lipinski definition) is 2. The zero-order chi connectivity index (χ0) is 22.1. The SMILES string of the molecule is N#Cc1c(N)nc(N)nc1-c1cc([N+](=O)[O-])ccc1Sc1ccc(C(F)(F)F)cn1. The van der Waals surface area contributed by atoms with Crippen LogP contribution < -0.4 is 11.5 Å². The first-order valence-electron chi connectivity index (χ1n) is 7.93. The van der Waals surface area contributed by atoms with Crippen LogP contribution in [-0.4, -0.2) is 19.9 Å². The van der Waals surface area contributed by atoms with E-state index in [4.69, 9.17) is 11.5 Å². The van der Waals surface area contributed by atoms with Gasteiger partial charge in [-0.1, -0.05) is 11.8 Å². The van der Waals surface area contributed by atoms with Gasteiger partial charge in [-0.05, 0) is 18.2 Å². The summed E-state index contributed by atoms with van der Waals surface area (Å²) in [7, 11) is 0. The number of nitrogens with zero attached hydrogens (tertiary/aromatic N) is 5. The number of nitrogen functional groups attached to an aromatic ring is 2. The Morgan fingerprint density at radius 2 is 1.90 bits per heavy atom. The molecule has 2 aromatic heterocycles. The zero-order valence-electron chi connectivity index (χ0n) is 14.7. The minimum Gasteiger partial charge on any atom is -0.382 e. The molecular formula is C17H10F3N7O2S. The summed E-state index contributed by atoms with van der Waals surface area (Å²) in [6, 6.07) is 7.58. The number of pyridine rings is 1. The summed E-state index contributed by atoms with van der Waals surface area (Å²) >= 11 is 0.927. The number of rotatable bonds is 4. The fraction of sp³-hybridized carbons (Fsp3) is 0.0588. The van der Waals surface area contributed by atoms with Gasteiger partial charge in [-0.15, -0.1) is 0 Å². The van der Waals surface area contributed by atoms with Gasteiger partial charge in [0.1, 0.15) is 22.5 Å². The van der Waals surface area contributed by atoms with Gasteiger partial charge in [0.05, 0.1) is 16.2 Å². The summed E-state index contributed by atoms with van der Waals surface area (Å²) in [5.41, 5.74) is 10.1. The first kappa shape index (κ1) is 20.8. The summed E-state index contributed by atoms with van der Waals surface area (Å²) < 4.78 is 38.2. The third-order valence-electron chi connectivity index (χ3n) is 3.77. The highest BCUT2D eigenvalue weighted by molar-refractivity contribution is 7.99. The van der Waals surface area contributed by atoms with E-state index < -0.39 is 16.7 Å². The second kappa shape index (κ2) is 7.84. The summed E-state index contributed by atoms with van der Waals surface area (Å²) in [5.74, 6) is -0.466. The smallest absolute Gasteiger partial charge is 0.382 e. The summed E-state index contributed by atoms with van der Waals surface area (Å²) in [4.78, 5) is 22.3. The maximum absolute atomic E-state index is 12.7. The van der Waals surface area contributed by atoms with Gasteiger partial charge in [-0.2, -0.15) is 23.4 Å². The van der Waals surface area contributed by atoms with Crippen molar-refractivity contribution in [3.8, 4) is 17.3 Å². The van der Waals surface area contributed by atoms with Crippen molar-refractivity contribution < 1.29 is 18.1 Å². The van der Waals surface area contributed by atoms with Crippen molar-refractivity contribution in [2.75, 3.05) is 11.5 Å². The lowest BCUT2D eigenvalue weighted by molar-refractivity contribution is -0.384. The summed E-state index contributed by atoms with van der Waals surface area (Å²) in [6.07, 6.45) is -3.86. The van der Waals surface area contributed by atoms with E-state index in [9.17, 15) is 28.5 Å². The highest BCUT2D eigenvalue weighted by Gasteiger charge is 2.30. The van der Waals surface area contributed by atoms with E-state index in [2.05, 4.69) is 15.0 Å². The molecule has 0 saturated carbocycles. The number of nitro groups is 1. The van der Waals surface area contributed by atoms with Gasteiger partial charge in [0.25, 0.3) is 5.69 Å². The molecule has 0 amide bonds. The number of alkyl halides is 3. The summed E-state index contributed by atoms with van der Waals surface area (Å²) in [6.45, 7) is 0. The van der Waals surface area contributed by atoms with Gasteiger partial charge in [0, 0.05) is 28.8 Å². The lowest BCUT2D eigenvalue weighted by atomic mass is 10.1. The average Bonchev–Trinajstić information content (AvgIpc) is 2.67. The first-order valence-corrected chi connectivity index (χ1v) is 8.75. The first-order chi connectivity index (χ1) is 14.1. The summed E-state index contributed by atoms with van der Waals surface area (Å²) in [5, 5.41) is 20.8. The molecule has 0 bridgehead atoms. The second-order valence-corrected chi connectivity index (χ2v) is 6.79. The molecule has 0 radical (unpaired) electrons. The Labute approximate surface area is 170 Å². The molecule has 0 saturated heterocycles. The van der Waals surface area contributed by atoms with Crippen molar-refractivity contribution in [1.82, 2.24) is 15.0 Å². The molecule has 1 aromatic carbocycles. The second-order valence-electron chi connectivity index (χ2n) is 5.72. The van der Waals surface area contributed by atoms with Gasteiger partial charge in [-0.25, -0.2) is 9.97 Å². The molecule has 13 heteroatoms. The van der Waals surface area contributed by atoms with E-state index in [1.165, 1.54) is 12.1 Å². The predicted molar refractivity (Wildman–Crippen MR) is 101 cm³/mol. The largest absolute Gasteiger partial charge is 0.417 e. The number of nitrogens with two attached hydrogens (primary N) is 2. The Kier molecular flexibility index (Phi) is 5.43. The van der Waals surface area contributed by atoms with Crippen LogP contribution in [-0.2, 0) is 6.18 Å². The van der Waals surface area contributed by atoms with Crippen LogP contribution in [0, 0.1) is 21.4 Å². The fourth-order valence-corrected chi connectivity index (χ4v) is 3.30. The molecule has 0 unspecified atom stereocenters. The molecular weight excluding hydrogens is 423 g/mol. The molecule has 0 aliphatic heterocycles. The van der Waals surface area contributed by atoms with Crippen LogP contribution >= 0.6 is 11.8 Å². The molecule has 3 aromatic rings. The molecule has 0 aliphatic carbocycles. The Hall–Kier alpha value is -3.92. The number of nitro benzene ring substituents is 1. The van der Waals surface area contributed by atoms with Crippen LogP contribution in [0.5, 0.6) is 0 Å². The van der Waals surface area contributed by atoms with Crippen molar-refractivity contribution in [1.29, 1.82) is 5.26 Å². The van der Waals surface area contributed by atoms with Crippen molar-refractivity contribution >= 4 is 29.2 Å². The van der Waals surface area contributed by atoms with Crippen LogP contribution in [0.15, 0.2) is 46.5 Å². The van der Waals surface area contributed by atoms with E-state index in [1.807, 2.05) is 6.07 Å². The van der Waals surface area contributed by atoms with Gasteiger partial charge in [0.2, 0.25) is 5.95 Å². The van der Waals surface area contributed by atoms with Crippen molar-refractivity contribution in [3.05, 3.63) is 57.8 Å². The molecule has 2 heterocycles. The van der Waals surface area contributed by atoms with Crippen LogP contribution in [0.1, 0.15) is 11.1 Å². The maximum atomic E-state index is 12.7. The molecule has 152 valence electrons. The molecule has 0 spiro atoms. The number of benzene rings is 1. The van der Waals surface area contributed by atoms with E-state index in [0.717, 1.165) is 30.0 Å².